The van der Waals surface area contributed by atoms with E-state index in [1.165, 1.54) is 12.8 Å². The van der Waals surface area contributed by atoms with Gasteiger partial charge in [0, 0.05) is 19.3 Å². The van der Waals surface area contributed by atoms with Crippen molar-refractivity contribution in [1.82, 2.24) is 15.1 Å². The maximum atomic E-state index is 11.9. The summed E-state index contributed by atoms with van der Waals surface area (Å²) in [5.74, 6) is 0.0701. The Labute approximate surface area is 102 Å². The van der Waals surface area contributed by atoms with Crippen molar-refractivity contribution in [2.24, 2.45) is 7.05 Å². The quantitative estimate of drug-likeness (QED) is 0.828. The van der Waals surface area contributed by atoms with Gasteiger partial charge in [-0.3, -0.25) is 9.48 Å². The molecule has 5 nitrogen and oxygen atoms in total. The maximum absolute atomic E-state index is 11.9. The van der Waals surface area contributed by atoms with Crippen molar-refractivity contribution in [2.75, 3.05) is 5.32 Å². The van der Waals surface area contributed by atoms with Gasteiger partial charge in [-0.25, -0.2) is 0 Å². The van der Waals surface area contributed by atoms with Crippen molar-refractivity contribution in [2.45, 2.75) is 44.7 Å². The Hall–Kier alpha value is -1.52. The number of carbonyl (C=O) groups excluding carboxylic acids is 1. The zero-order valence-electron chi connectivity index (χ0n) is 10.4. The van der Waals surface area contributed by atoms with E-state index in [9.17, 15) is 4.79 Å². The highest BCUT2D eigenvalue weighted by atomic mass is 16.2. The van der Waals surface area contributed by atoms with Crippen molar-refractivity contribution < 1.29 is 4.79 Å². The summed E-state index contributed by atoms with van der Waals surface area (Å²) in [6.45, 7) is 1.87. The molecular weight excluding hydrogens is 216 g/mol. The lowest BCUT2D eigenvalue weighted by Crippen LogP contribution is -2.42. The van der Waals surface area contributed by atoms with Crippen molar-refractivity contribution in [3.8, 4) is 0 Å². The van der Waals surface area contributed by atoms with Crippen LogP contribution in [0.3, 0.4) is 0 Å². The van der Waals surface area contributed by atoms with Gasteiger partial charge >= 0.3 is 0 Å². The number of aromatic nitrogens is 2. The summed E-state index contributed by atoms with van der Waals surface area (Å²) >= 11 is 0. The third kappa shape index (κ3) is 3.22. The molecule has 0 aromatic carbocycles. The van der Waals surface area contributed by atoms with Gasteiger partial charge < -0.3 is 10.6 Å². The summed E-state index contributed by atoms with van der Waals surface area (Å²) in [5.41, 5.74) is 0.876. The summed E-state index contributed by atoms with van der Waals surface area (Å²) in [7, 11) is 1.86. The normalized spacial score (nSPS) is 18.0. The van der Waals surface area contributed by atoms with Crippen molar-refractivity contribution in [1.29, 1.82) is 0 Å². The molecule has 1 saturated carbocycles. The highest BCUT2D eigenvalue weighted by Gasteiger charge is 2.20. The van der Waals surface area contributed by atoms with E-state index in [0.29, 0.717) is 6.04 Å². The summed E-state index contributed by atoms with van der Waals surface area (Å²) in [5, 5.41) is 10.3. The van der Waals surface area contributed by atoms with Crippen LogP contribution in [0.25, 0.3) is 0 Å². The topological polar surface area (TPSA) is 59.0 Å². The maximum Gasteiger partial charge on any atom is 0.242 e. The average Bonchev–Trinajstić information content (AvgIpc) is 2.90. The van der Waals surface area contributed by atoms with Gasteiger partial charge in [0.25, 0.3) is 0 Å². The fraction of sp³-hybridized carbons (Fsp3) is 0.667. The van der Waals surface area contributed by atoms with E-state index in [1.54, 1.807) is 10.9 Å². The van der Waals surface area contributed by atoms with Gasteiger partial charge in [0.15, 0.2) is 0 Å². The second-order valence-electron chi connectivity index (χ2n) is 4.76. The Morgan fingerprint density at radius 2 is 2.24 bits per heavy atom. The Bertz CT molecular complexity index is 382. The molecule has 2 rings (SSSR count). The van der Waals surface area contributed by atoms with Crippen molar-refractivity contribution in [3.63, 3.8) is 0 Å². The van der Waals surface area contributed by atoms with Crippen LogP contribution in [0.15, 0.2) is 12.4 Å². The molecule has 2 N–H and O–H groups in total. The standard InChI is InChI=1S/C12H20N4O/c1-9(14-11-7-13-16(2)8-11)12(17)15-10-5-3-4-6-10/h7-10,14H,3-6H2,1-2H3,(H,15,17). The second kappa shape index (κ2) is 5.21. The van der Waals surface area contributed by atoms with Gasteiger partial charge in [0.1, 0.15) is 6.04 Å². The first-order valence-electron chi connectivity index (χ1n) is 6.20. The molecule has 0 spiro atoms. The number of hydrogen-bond donors (Lipinski definition) is 2. The lowest BCUT2D eigenvalue weighted by Gasteiger charge is -2.17. The summed E-state index contributed by atoms with van der Waals surface area (Å²) < 4.78 is 1.71. The fourth-order valence-corrected chi connectivity index (χ4v) is 2.21. The summed E-state index contributed by atoms with van der Waals surface area (Å²) in [6.07, 6.45) is 8.28. The average molecular weight is 236 g/mol. The number of aryl methyl sites for hydroxylation is 1. The van der Waals surface area contributed by atoms with E-state index in [2.05, 4.69) is 15.7 Å². The first-order valence-corrected chi connectivity index (χ1v) is 6.20. The van der Waals surface area contributed by atoms with Gasteiger partial charge in [-0.2, -0.15) is 5.10 Å². The Balaban J connectivity index is 1.82. The predicted molar refractivity (Wildman–Crippen MR) is 66.7 cm³/mol. The SMILES string of the molecule is CC(Nc1cnn(C)c1)C(=O)NC1CCCC1. The molecule has 1 amide bonds. The molecule has 0 bridgehead atoms. The highest BCUT2D eigenvalue weighted by molar-refractivity contribution is 5.84. The van der Waals surface area contributed by atoms with Crippen LogP contribution in [0.5, 0.6) is 0 Å². The van der Waals surface area contributed by atoms with Crippen LogP contribution in [0, 0.1) is 0 Å². The molecule has 1 unspecified atom stereocenters. The van der Waals surface area contributed by atoms with E-state index in [1.807, 2.05) is 20.2 Å². The predicted octanol–water partition coefficient (Wildman–Crippen LogP) is 1.28. The number of nitrogens with one attached hydrogen (secondary N) is 2. The molecule has 5 heteroatoms. The molecule has 1 aliphatic carbocycles. The molecule has 0 aliphatic heterocycles. The Morgan fingerprint density at radius 3 is 2.82 bits per heavy atom. The molecule has 0 radical (unpaired) electrons. The van der Waals surface area contributed by atoms with Crippen LogP contribution >= 0.6 is 0 Å². The number of hydrogen-bond acceptors (Lipinski definition) is 3. The molecule has 1 aromatic heterocycles. The fourth-order valence-electron chi connectivity index (χ4n) is 2.21. The number of nitrogens with zero attached hydrogens (tertiary/aromatic N) is 2. The Kier molecular flexibility index (Phi) is 3.66. The second-order valence-corrected chi connectivity index (χ2v) is 4.76. The van der Waals surface area contributed by atoms with E-state index >= 15 is 0 Å². The first-order chi connectivity index (χ1) is 8.15. The number of anilines is 1. The van der Waals surface area contributed by atoms with Crippen LogP contribution in [-0.4, -0.2) is 27.8 Å². The number of carbonyl (C=O) groups is 1. The molecule has 17 heavy (non-hydrogen) atoms. The largest absolute Gasteiger partial charge is 0.371 e. The number of amides is 1. The smallest absolute Gasteiger partial charge is 0.242 e. The van der Waals surface area contributed by atoms with Crippen molar-refractivity contribution in [3.05, 3.63) is 12.4 Å². The van der Waals surface area contributed by atoms with Crippen molar-refractivity contribution >= 4 is 11.6 Å². The lowest BCUT2D eigenvalue weighted by molar-refractivity contribution is -0.122. The first kappa shape index (κ1) is 12.0. The molecule has 1 fully saturated rings. The molecule has 1 aliphatic rings. The van der Waals surface area contributed by atoms with E-state index < -0.39 is 0 Å². The summed E-state index contributed by atoms with van der Waals surface area (Å²) in [6, 6.07) is 0.153. The van der Waals surface area contributed by atoms with Crippen LogP contribution in [0.1, 0.15) is 32.6 Å². The van der Waals surface area contributed by atoms with Gasteiger partial charge in [-0.15, -0.1) is 0 Å². The van der Waals surface area contributed by atoms with Gasteiger partial charge in [0.2, 0.25) is 5.91 Å². The van der Waals surface area contributed by atoms with Gasteiger partial charge in [-0.1, -0.05) is 12.8 Å². The van der Waals surface area contributed by atoms with E-state index in [-0.39, 0.29) is 11.9 Å². The minimum Gasteiger partial charge on any atom is -0.371 e. The third-order valence-corrected chi connectivity index (χ3v) is 3.18. The zero-order valence-corrected chi connectivity index (χ0v) is 10.4. The van der Waals surface area contributed by atoms with Crippen LogP contribution < -0.4 is 10.6 Å². The third-order valence-electron chi connectivity index (χ3n) is 3.18. The molecule has 1 heterocycles. The van der Waals surface area contributed by atoms with E-state index in [4.69, 9.17) is 0 Å². The highest BCUT2D eigenvalue weighted by Crippen LogP contribution is 2.17. The van der Waals surface area contributed by atoms with Crippen LogP contribution in [0.2, 0.25) is 0 Å². The molecule has 1 atom stereocenters. The van der Waals surface area contributed by atoms with Gasteiger partial charge in [0.05, 0.1) is 11.9 Å². The van der Waals surface area contributed by atoms with E-state index in [0.717, 1.165) is 18.5 Å². The monoisotopic (exact) mass is 236 g/mol. The van der Waals surface area contributed by atoms with Crippen LogP contribution in [0.4, 0.5) is 5.69 Å². The molecule has 94 valence electrons. The van der Waals surface area contributed by atoms with Gasteiger partial charge in [-0.05, 0) is 19.8 Å². The Morgan fingerprint density at radius 1 is 1.53 bits per heavy atom. The number of rotatable bonds is 4. The minimum atomic E-state index is -0.222. The lowest BCUT2D eigenvalue weighted by atomic mass is 10.2. The minimum absolute atomic E-state index is 0.0701. The molecular formula is C12H20N4O. The zero-order chi connectivity index (χ0) is 12.3. The molecule has 1 aromatic rings. The van der Waals surface area contributed by atoms with Crippen LogP contribution in [-0.2, 0) is 11.8 Å². The summed E-state index contributed by atoms with van der Waals surface area (Å²) in [4.78, 5) is 11.9. The molecule has 0 saturated heterocycles.